The van der Waals surface area contributed by atoms with Gasteiger partial charge in [0.25, 0.3) is 5.91 Å². The number of carbonyl (C=O) groups is 2. The van der Waals surface area contributed by atoms with Gasteiger partial charge in [0.05, 0.1) is 5.56 Å². The first-order chi connectivity index (χ1) is 17.2. The lowest BCUT2D eigenvalue weighted by Gasteiger charge is -2.30. The average Bonchev–Trinajstić information content (AvgIpc) is 2.92. The summed E-state index contributed by atoms with van der Waals surface area (Å²) >= 11 is 0. The highest BCUT2D eigenvalue weighted by Gasteiger charge is 2.24. The maximum absolute atomic E-state index is 13.1. The largest absolute Gasteiger partial charge is 0.326 e. The molecule has 0 radical (unpaired) electrons. The Balaban J connectivity index is 1.33. The van der Waals surface area contributed by atoms with Crippen LogP contribution in [0.5, 0.6) is 0 Å². The zero-order chi connectivity index (χ0) is 24.0. The summed E-state index contributed by atoms with van der Waals surface area (Å²) in [6, 6.07) is 29.6. The lowest BCUT2D eigenvalue weighted by Crippen LogP contribution is -2.35. The molecule has 0 unspecified atom stereocenters. The summed E-state index contributed by atoms with van der Waals surface area (Å²) in [5.74, 6) is -0.117. The van der Waals surface area contributed by atoms with E-state index in [0.29, 0.717) is 18.5 Å². The topological polar surface area (TPSA) is 62.3 Å². The van der Waals surface area contributed by atoms with Crippen molar-refractivity contribution in [2.75, 3.05) is 16.8 Å². The fraction of sp³-hybridized carbons (Fsp3) is 0.167. The van der Waals surface area contributed by atoms with Crippen LogP contribution in [-0.4, -0.2) is 23.3 Å². The van der Waals surface area contributed by atoms with E-state index in [1.807, 2.05) is 59.5 Å². The quantitative estimate of drug-likeness (QED) is 0.393. The van der Waals surface area contributed by atoms with Crippen molar-refractivity contribution >= 4 is 23.2 Å². The van der Waals surface area contributed by atoms with Crippen LogP contribution in [0.4, 0.5) is 11.4 Å². The van der Waals surface area contributed by atoms with E-state index < -0.39 is 0 Å². The summed E-state index contributed by atoms with van der Waals surface area (Å²) in [4.78, 5) is 32.0. The second-order valence-electron chi connectivity index (χ2n) is 8.77. The summed E-state index contributed by atoms with van der Waals surface area (Å²) in [6.45, 7) is 0.669. The molecule has 0 saturated carbocycles. The number of anilines is 2. The smallest absolute Gasteiger partial charge is 0.259 e. The molecule has 174 valence electrons. The SMILES string of the molecule is O=C(CC(c1ccccc1)c1ccccc1)Nc1ccc2c(c1)CCCN2C(=O)c1cccnc1. The third kappa shape index (κ3) is 5.14. The number of nitrogens with zero attached hydrogens (tertiary/aromatic N) is 2. The van der Waals surface area contributed by atoms with Crippen molar-refractivity contribution in [3.63, 3.8) is 0 Å². The predicted octanol–water partition coefficient (Wildman–Crippen LogP) is 5.84. The van der Waals surface area contributed by atoms with Crippen LogP contribution >= 0.6 is 0 Å². The number of rotatable bonds is 6. The van der Waals surface area contributed by atoms with Crippen molar-refractivity contribution in [3.05, 3.63) is 126 Å². The molecule has 0 aliphatic carbocycles. The van der Waals surface area contributed by atoms with Crippen LogP contribution in [0.2, 0.25) is 0 Å². The number of fused-ring (bicyclic) bond motifs is 1. The maximum Gasteiger partial charge on any atom is 0.259 e. The standard InChI is InChI=1S/C30H27N3O2/c34-29(20-27(22-9-3-1-4-10-22)23-11-5-2-6-12-23)32-26-15-16-28-24(19-26)14-8-18-33(28)30(35)25-13-7-17-31-21-25/h1-7,9-13,15-17,19,21,27H,8,14,18,20H2,(H,32,34). The molecule has 2 heterocycles. The summed E-state index contributed by atoms with van der Waals surface area (Å²) in [5.41, 5.74) is 5.52. The molecule has 3 aromatic carbocycles. The molecular formula is C30H27N3O2. The van der Waals surface area contributed by atoms with Crippen LogP contribution < -0.4 is 10.2 Å². The van der Waals surface area contributed by atoms with Gasteiger partial charge >= 0.3 is 0 Å². The fourth-order valence-electron chi connectivity index (χ4n) is 4.73. The van der Waals surface area contributed by atoms with Crippen LogP contribution in [0.1, 0.15) is 45.8 Å². The molecule has 0 fully saturated rings. The molecular weight excluding hydrogens is 434 g/mol. The summed E-state index contributed by atoms with van der Waals surface area (Å²) in [7, 11) is 0. The number of carbonyl (C=O) groups excluding carboxylic acids is 2. The van der Waals surface area contributed by atoms with Crippen molar-refractivity contribution < 1.29 is 9.59 Å². The van der Waals surface area contributed by atoms with Crippen LogP contribution in [0.15, 0.2) is 103 Å². The van der Waals surface area contributed by atoms with Gasteiger partial charge in [-0.3, -0.25) is 14.6 Å². The molecule has 5 nitrogen and oxygen atoms in total. The number of hydrogen-bond acceptors (Lipinski definition) is 3. The van der Waals surface area contributed by atoms with Crippen molar-refractivity contribution in [2.45, 2.75) is 25.2 Å². The second-order valence-corrected chi connectivity index (χ2v) is 8.77. The van der Waals surface area contributed by atoms with E-state index in [9.17, 15) is 9.59 Å². The molecule has 4 aromatic rings. The zero-order valence-electron chi connectivity index (χ0n) is 19.4. The first-order valence-corrected chi connectivity index (χ1v) is 11.9. The van der Waals surface area contributed by atoms with Gasteiger partial charge in [-0.25, -0.2) is 0 Å². The third-order valence-corrected chi connectivity index (χ3v) is 6.43. The Morgan fingerprint density at radius 2 is 1.60 bits per heavy atom. The first-order valence-electron chi connectivity index (χ1n) is 11.9. The van der Waals surface area contributed by atoms with Crippen molar-refractivity contribution in [2.24, 2.45) is 0 Å². The van der Waals surface area contributed by atoms with Gasteiger partial charge in [-0.1, -0.05) is 60.7 Å². The number of aryl methyl sites for hydroxylation is 1. The molecule has 0 spiro atoms. The molecule has 1 aliphatic rings. The van der Waals surface area contributed by atoms with E-state index in [4.69, 9.17) is 0 Å². The Morgan fingerprint density at radius 1 is 0.886 bits per heavy atom. The molecule has 1 aliphatic heterocycles. The van der Waals surface area contributed by atoms with Gasteiger partial charge in [0, 0.05) is 42.7 Å². The summed E-state index contributed by atoms with van der Waals surface area (Å²) in [6.07, 6.45) is 5.35. The van der Waals surface area contributed by atoms with Gasteiger partial charge < -0.3 is 10.2 Å². The highest BCUT2D eigenvalue weighted by Crippen LogP contribution is 2.32. The predicted molar refractivity (Wildman–Crippen MR) is 139 cm³/mol. The number of hydrogen-bond donors (Lipinski definition) is 1. The zero-order valence-corrected chi connectivity index (χ0v) is 19.4. The number of pyridine rings is 1. The molecule has 35 heavy (non-hydrogen) atoms. The van der Waals surface area contributed by atoms with E-state index in [1.54, 1.807) is 24.5 Å². The number of benzene rings is 3. The lowest BCUT2D eigenvalue weighted by molar-refractivity contribution is -0.116. The van der Waals surface area contributed by atoms with Gasteiger partial charge in [-0.05, 0) is 59.9 Å². The van der Waals surface area contributed by atoms with Crippen LogP contribution in [0, 0.1) is 0 Å². The van der Waals surface area contributed by atoms with Crippen LogP contribution in [0.3, 0.4) is 0 Å². The maximum atomic E-state index is 13.1. The van der Waals surface area contributed by atoms with Crippen molar-refractivity contribution in [1.29, 1.82) is 0 Å². The van der Waals surface area contributed by atoms with Gasteiger partial charge in [0.15, 0.2) is 0 Å². The number of nitrogens with one attached hydrogen (secondary N) is 1. The Kier molecular flexibility index (Phi) is 6.66. The third-order valence-electron chi connectivity index (χ3n) is 6.43. The normalized spacial score (nSPS) is 12.8. The fourth-order valence-corrected chi connectivity index (χ4v) is 4.73. The van der Waals surface area contributed by atoms with Crippen LogP contribution in [0.25, 0.3) is 0 Å². The molecule has 0 bridgehead atoms. The van der Waals surface area contributed by atoms with Gasteiger partial charge in [-0.2, -0.15) is 0 Å². The minimum absolute atomic E-state index is 0.0253. The Bertz CT molecular complexity index is 1270. The highest BCUT2D eigenvalue weighted by atomic mass is 16.2. The minimum Gasteiger partial charge on any atom is -0.326 e. The summed E-state index contributed by atoms with van der Waals surface area (Å²) < 4.78 is 0. The molecule has 2 amide bonds. The Hall–Kier alpha value is -4.25. The van der Waals surface area contributed by atoms with Gasteiger partial charge in [0.2, 0.25) is 5.91 Å². The molecule has 0 saturated heterocycles. The Morgan fingerprint density at radius 3 is 2.26 bits per heavy atom. The van der Waals surface area contributed by atoms with E-state index in [0.717, 1.165) is 40.9 Å². The van der Waals surface area contributed by atoms with E-state index >= 15 is 0 Å². The van der Waals surface area contributed by atoms with Gasteiger partial charge in [-0.15, -0.1) is 0 Å². The van der Waals surface area contributed by atoms with E-state index in [2.05, 4.69) is 34.6 Å². The van der Waals surface area contributed by atoms with E-state index in [-0.39, 0.29) is 17.7 Å². The molecule has 5 rings (SSSR count). The highest BCUT2D eigenvalue weighted by molar-refractivity contribution is 6.06. The Labute approximate surface area is 205 Å². The minimum atomic E-state index is -0.0515. The molecule has 1 N–H and O–H groups in total. The monoisotopic (exact) mass is 461 g/mol. The number of aromatic nitrogens is 1. The van der Waals surface area contributed by atoms with E-state index in [1.165, 1.54) is 0 Å². The number of amides is 2. The lowest BCUT2D eigenvalue weighted by atomic mass is 9.88. The molecule has 0 atom stereocenters. The molecule has 5 heteroatoms. The van der Waals surface area contributed by atoms with Gasteiger partial charge in [0.1, 0.15) is 0 Å². The average molecular weight is 462 g/mol. The molecule has 1 aromatic heterocycles. The first kappa shape index (κ1) is 22.5. The van der Waals surface area contributed by atoms with Crippen molar-refractivity contribution in [1.82, 2.24) is 4.98 Å². The van der Waals surface area contributed by atoms with Crippen LogP contribution in [-0.2, 0) is 11.2 Å². The summed E-state index contributed by atoms with van der Waals surface area (Å²) in [5, 5.41) is 3.09. The van der Waals surface area contributed by atoms with Crippen molar-refractivity contribution in [3.8, 4) is 0 Å². The second kappa shape index (κ2) is 10.3.